The Bertz CT molecular complexity index is 477. The second-order valence-corrected chi connectivity index (χ2v) is 2.93. The van der Waals surface area contributed by atoms with Gasteiger partial charge in [0.25, 0.3) is 0 Å². The molecule has 0 amide bonds. The van der Waals surface area contributed by atoms with Gasteiger partial charge in [0, 0.05) is 6.08 Å². The van der Waals surface area contributed by atoms with Gasteiger partial charge in [-0.15, -0.1) is 0 Å². The molecule has 0 aromatic heterocycles. The zero-order chi connectivity index (χ0) is 9.54. The second-order valence-electron chi connectivity index (χ2n) is 2.93. The minimum atomic E-state index is -0.0313. The SMILES string of the molecule is OC1=NC2=NC=NC3=CC=CC(=C1)N32. The first kappa shape index (κ1) is 7.25. The molecule has 0 aromatic carbocycles. The van der Waals surface area contributed by atoms with Crippen molar-refractivity contribution in [2.75, 3.05) is 0 Å². The first-order chi connectivity index (χ1) is 6.84. The number of guanidine groups is 1. The molecule has 5 nitrogen and oxygen atoms in total. The van der Waals surface area contributed by atoms with Gasteiger partial charge in [0.05, 0.1) is 5.70 Å². The minimum Gasteiger partial charge on any atom is -0.493 e. The lowest BCUT2D eigenvalue weighted by Crippen LogP contribution is -2.34. The summed E-state index contributed by atoms with van der Waals surface area (Å²) < 4.78 is 0. The average Bonchev–Trinajstić information content (AvgIpc) is 2.18. The summed E-state index contributed by atoms with van der Waals surface area (Å²) in [5.41, 5.74) is 0.825. The van der Waals surface area contributed by atoms with Crippen molar-refractivity contribution in [3.63, 3.8) is 0 Å². The molecule has 3 rings (SSSR count). The van der Waals surface area contributed by atoms with Crippen LogP contribution in [-0.4, -0.2) is 28.2 Å². The molecule has 5 heteroatoms. The lowest BCUT2D eigenvalue weighted by atomic mass is 10.2. The van der Waals surface area contributed by atoms with Gasteiger partial charge in [-0.25, -0.2) is 9.98 Å². The summed E-state index contributed by atoms with van der Waals surface area (Å²) >= 11 is 0. The number of nitrogens with zero attached hydrogens (tertiary/aromatic N) is 4. The van der Waals surface area contributed by atoms with Crippen LogP contribution in [0.3, 0.4) is 0 Å². The van der Waals surface area contributed by atoms with Crippen LogP contribution in [0.15, 0.2) is 50.8 Å². The van der Waals surface area contributed by atoms with Crippen molar-refractivity contribution in [1.82, 2.24) is 4.90 Å². The Morgan fingerprint density at radius 2 is 2.29 bits per heavy atom. The van der Waals surface area contributed by atoms with Crippen LogP contribution in [0.5, 0.6) is 0 Å². The van der Waals surface area contributed by atoms with Gasteiger partial charge >= 0.3 is 0 Å². The summed E-state index contributed by atoms with van der Waals surface area (Å²) in [6, 6.07) is 0. The zero-order valence-electron chi connectivity index (χ0n) is 7.12. The molecule has 0 atom stereocenters. The fourth-order valence-electron chi connectivity index (χ4n) is 1.49. The number of hydrogen-bond acceptors (Lipinski definition) is 4. The number of rotatable bonds is 0. The maximum atomic E-state index is 9.33. The van der Waals surface area contributed by atoms with E-state index in [2.05, 4.69) is 15.0 Å². The Kier molecular flexibility index (Phi) is 1.25. The van der Waals surface area contributed by atoms with Crippen LogP contribution in [0.25, 0.3) is 0 Å². The summed E-state index contributed by atoms with van der Waals surface area (Å²) in [5, 5.41) is 9.33. The summed E-state index contributed by atoms with van der Waals surface area (Å²) in [5.74, 6) is 1.18. The van der Waals surface area contributed by atoms with Gasteiger partial charge < -0.3 is 5.11 Å². The smallest absolute Gasteiger partial charge is 0.240 e. The molecule has 1 N–H and O–H groups in total. The van der Waals surface area contributed by atoms with Crippen LogP contribution in [0, 0.1) is 0 Å². The van der Waals surface area contributed by atoms with E-state index in [1.165, 1.54) is 6.34 Å². The first-order valence-electron chi connectivity index (χ1n) is 4.13. The predicted octanol–water partition coefficient (Wildman–Crippen LogP) is 0.952. The summed E-state index contributed by atoms with van der Waals surface area (Å²) in [6.45, 7) is 0. The van der Waals surface area contributed by atoms with Crippen LogP contribution >= 0.6 is 0 Å². The molecule has 0 unspecified atom stereocenters. The molecule has 0 spiro atoms. The Morgan fingerprint density at radius 1 is 1.36 bits per heavy atom. The molecule has 0 saturated heterocycles. The maximum Gasteiger partial charge on any atom is 0.240 e. The quantitative estimate of drug-likeness (QED) is 0.612. The van der Waals surface area contributed by atoms with E-state index in [1.807, 2.05) is 18.2 Å². The van der Waals surface area contributed by atoms with Crippen molar-refractivity contribution < 1.29 is 5.11 Å². The van der Waals surface area contributed by atoms with E-state index in [1.54, 1.807) is 11.0 Å². The molecule has 0 bridgehead atoms. The molecule has 14 heavy (non-hydrogen) atoms. The highest BCUT2D eigenvalue weighted by molar-refractivity contribution is 6.05. The van der Waals surface area contributed by atoms with Gasteiger partial charge in [-0.3, -0.25) is 4.90 Å². The van der Waals surface area contributed by atoms with E-state index in [0.29, 0.717) is 5.96 Å². The Labute approximate surface area is 79.8 Å². The van der Waals surface area contributed by atoms with Crippen molar-refractivity contribution in [2.45, 2.75) is 0 Å². The van der Waals surface area contributed by atoms with Gasteiger partial charge in [0.1, 0.15) is 12.2 Å². The minimum absolute atomic E-state index is 0.0313. The van der Waals surface area contributed by atoms with E-state index < -0.39 is 0 Å². The molecule has 68 valence electrons. The van der Waals surface area contributed by atoms with Gasteiger partial charge in [-0.2, -0.15) is 4.99 Å². The zero-order valence-corrected chi connectivity index (χ0v) is 7.12. The maximum absolute atomic E-state index is 9.33. The number of aliphatic hydroxyl groups excluding tert-OH is 1. The van der Waals surface area contributed by atoms with E-state index in [0.717, 1.165) is 11.5 Å². The highest BCUT2D eigenvalue weighted by atomic mass is 16.3. The molecule has 0 aliphatic carbocycles. The first-order valence-corrected chi connectivity index (χ1v) is 4.13. The van der Waals surface area contributed by atoms with Crippen molar-refractivity contribution in [3.05, 3.63) is 35.8 Å². The van der Waals surface area contributed by atoms with Gasteiger partial charge in [0.15, 0.2) is 0 Å². The van der Waals surface area contributed by atoms with E-state index in [-0.39, 0.29) is 5.90 Å². The average molecular weight is 186 g/mol. The molecule has 0 aromatic rings. The molecule has 3 aliphatic rings. The Morgan fingerprint density at radius 3 is 3.21 bits per heavy atom. The van der Waals surface area contributed by atoms with Gasteiger partial charge in [-0.1, -0.05) is 6.08 Å². The molecule has 0 fully saturated rings. The highest BCUT2D eigenvalue weighted by Gasteiger charge is 2.26. The summed E-state index contributed by atoms with van der Waals surface area (Å²) in [7, 11) is 0. The molecule has 0 saturated carbocycles. The van der Waals surface area contributed by atoms with Crippen LogP contribution in [0.1, 0.15) is 0 Å². The normalized spacial score (nSPS) is 22.1. The Hall–Kier alpha value is -2.17. The topological polar surface area (TPSA) is 60.6 Å². The summed E-state index contributed by atoms with van der Waals surface area (Å²) in [4.78, 5) is 13.7. The van der Waals surface area contributed by atoms with Gasteiger partial charge in [-0.05, 0) is 12.2 Å². The van der Waals surface area contributed by atoms with Crippen LogP contribution in [0.2, 0.25) is 0 Å². The fraction of sp³-hybridized carbons (Fsp3) is 0. The fourth-order valence-corrected chi connectivity index (χ4v) is 1.49. The lowest BCUT2D eigenvalue weighted by Gasteiger charge is -2.30. The molecular weight excluding hydrogens is 180 g/mol. The third-order valence-electron chi connectivity index (χ3n) is 2.05. The number of aliphatic hydroxyl groups is 1. The highest BCUT2D eigenvalue weighted by Crippen LogP contribution is 2.25. The molecule has 3 aliphatic heterocycles. The largest absolute Gasteiger partial charge is 0.493 e. The molecule has 3 heterocycles. The van der Waals surface area contributed by atoms with Crippen molar-refractivity contribution >= 4 is 18.2 Å². The Balaban J connectivity index is 2.23. The van der Waals surface area contributed by atoms with Crippen molar-refractivity contribution in [2.24, 2.45) is 15.0 Å². The van der Waals surface area contributed by atoms with Crippen LogP contribution < -0.4 is 0 Å². The van der Waals surface area contributed by atoms with Crippen LogP contribution in [-0.2, 0) is 0 Å². The number of allylic oxidation sites excluding steroid dienone is 3. The van der Waals surface area contributed by atoms with Crippen molar-refractivity contribution in [3.8, 4) is 0 Å². The summed E-state index contributed by atoms with van der Waals surface area (Å²) in [6.07, 6.45) is 8.60. The third kappa shape index (κ3) is 0.861. The monoisotopic (exact) mass is 186 g/mol. The second kappa shape index (κ2) is 2.41. The van der Waals surface area contributed by atoms with Crippen LogP contribution in [0.4, 0.5) is 0 Å². The predicted molar refractivity (Wildman–Crippen MR) is 53.1 cm³/mol. The van der Waals surface area contributed by atoms with E-state index in [9.17, 15) is 5.11 Å². The lowest BCUT2D eigenvalue weighted by molar-refractivity contribution is 0.541. The third-order valence-corrected chi connectivity index (χ3v) is 2.05. The van der Waals surface area contributed by atoms with E-state index >= 15 is 0 Å². The van der Waals surface area contributed by atoms with Gasteiger partial charge in [0.2, 0.25) is 11.9 Å². The standard InChI is InChI=1S/C9H6N4O/c14-8-4-6-2-1-3-7-10-5-11-9(12-8)13(6)7/h1-5H,(H,10,11,12,14). The molecular formula is C9H6N4O. The van der Waals surface area contributed by atoms with E-state index in [4.69, 9.17) is 0 Å². The number of aliphatic imine (C=N–C) groups is 3. The van der Waals surface area contributed by atoms with Crippen molar-refractivity contribution in [1.29, 1.82) is 0 Å². The molecule has 0 radical (unpaired) electrons. The number of hydrogen-bond donors (Lipinski definition) is 1.